The van der Waals surface area contributed by atoms with E-state index in [9.17, 15) is 4.39 Å². The van der Waals surface area contributed by atoms with Gasteiger partial charge in [-0.1, -0.05) is 10.3 Å². The number of halogens is 1. The van der Waals surface area contributed by atoms with Gasteiger partial charge in [0.25, 0.3) is 0 Å². The van der Waals surface area contributed by atoms with E-state index in [2.05, 4.69) is 15.2 Å². The Balaban J connectivity index is 2.49. The second-order valence-corrected chi connectivity index (χ2v) is 3.92. The van der Waals surface area contributed by atoms with Crippen molar-refractivity contribution < 1.29 is 8.91 Å². The Morgan fingerprint density at radius 2 is 2.22 bits per heavy atom. The Hall–Kier alpha value is -2.33. The summed E-state index contributed by atoms with van der Waals surface area (Å²) < 4.78 is 18.3. The molecule has 18 heavy (non-hydrogen) atoms. The van der Waals surface area contributed by atoms with E-state index < -0.39 is 0 Å². The van der Waals surface area contributed by atoms with Crippen LogP contribution in [0.1, 0.15) is 16.9 Å². The summed E-state index contributed by atoms with van der Waals surface area (Å²) in [5, 5.41) is 7.44. The Labute approximate surface area is 103 Å². The van der Waals surface area contributed by atoms with Crippen molar-refractivity contribution in [3.8, 4) is 11.3 Å². The molecule has 0 N–H and O–H groups in total. The summed E-state index contributed by atoms with van der Waals surface area (Å²) in [6.45, 7) is 3.59. The zero-order valence-corrected chi connectivity index (χ0v) is 10.0. The number of hydrogen-bond acceptors (Lipinski definition) is 3. The fourth-order valence-electron chi connectivity index (χ4n) is 1.70. The molecule has 92 valence electrons. The topological polar surface area (TPSA) is 74.8 Å². The average Bonchev–Trinajstić information content (AvgIpc) is 2.72. The van der Waals surface area contributed by atoms with Crippen molar-refractivity contribution in [3.63, 3.8) is 0 Å². The second-order valence-electron chi connectivity index (χ2n) is 3.92. The first-order valence-corrected chi connectivity index (χ1v) is 5.36. The molecule has 1 aromatic carbocycles. The van der Waals surface area contributed by atoms with Crippen molar-refractivity contribution >= 4 is 0 Å². The molecule has 0 aliphatic rings. The van der Waals surface area contributed by atoms with E-state index >= 15 is 0 Å². The summed E-state index contributed by atoms with van der Waals surface area (Å²) in [4.78, 5) is 2.71. The number of aryl methyl sites for hydroxylation is 2. The first-order valence-electron chi connectivity index (χ1n) is 5.36. The van der Waals surface area contributed by atoms with Crippen LogP contribution < -0.4 is 0 Å². The van der Waals surface area contributed by atoms with Gasteiger partial charge in [0.2, 0.25) is 0 Å². The van der Waals surface area contributed by atoms with Crippen LogP contribution in [-0.4, -0.2) is 5.16 Å². The molecular formula is C12H11FN4O. The molecule has 0 spiro atoms. The van der Waals surface area contributed by atoms with Crippen LogP contribution in [-0.2, 0) is 6.54 Å². The van der Waals surface area contributed by atoms with Crippen molar-refractivity contribution in [2.24, 2.45) is 5.11 Å². The van der Waals surface area contributed by atoms with Crippen LogP contribution >= 0.6 is 0 Å². The maximum Gasteiger partial charge on any atom is 0.137 e. The van der Waals surface area contributed by atoms with Crippen LogP contribution in [0.25, 0.3) is 21.7 Å². The van der Waals surface area contributed by atoms with E-state index in [0.29, 0.717) is 17.0 Å². The zero-order valence-electron chi connectivity index (χ0n) is 10.0. The SMILES string of the molecule is Cc1cc(-c2noc(C)c2CN=[N+]=[N-])ccc1F. The quantitative estimate of drug-likeness (QED) is 0.467. The maximum atomic E-state index is 13.2. The fraction of sp³-hybridized carbons (Fsp3) is 0.250. The highest BCUT2D eigenvalue weighted by atomic mass is 19.1. The molecule has 0 saturated heterocycles. The van der Waals surface area contributed by atoms with Gasteiger partial charge in [-0.25, -0.2) is 4.39 Å². The number of hydrogen-bond donors (Lipinski definition) is 0. The van der Waals surface area contributed by atoms with E-state index in [0.717, 1.165) is 11.1 Å². The molecule has 0 radical (unpaired) electrons. The van der Waals surface area contributed by atoms with Gasteiger partial charge in [-0.05, 0) is 43.1 Å². The van der Waals surface area contributed by atoms with Gasteiger partial charge in [0.05, 0.1) is 6.54 Å². The number of benzene rings is 1. The Bertz CT molecular complexity index is 629. The highest BCUT2D eigenvalue weighted by molar-refractivity contribution is 5.64. The van der Waals surface area contributed by atoms with Gasteiger partial charge >= 0.3 is 0 Å². The Kier molecular flexibility index (Phi) is 3.30. The first kappa shape index (κ1) is 12.1. The monoisotopic (exact) mass is 246 g/mol. The summed E-state index contributed by atoms with van der Waals surface area (Å²) in [6.07, 6.45) is 0. The van der Waals surface area contributed by atoms with Gasteiger partial charge in [0, 0.05) is 16.0 Å². The number of aromatic nitrogens is 1. The molecule has 0 aliphatic carbocycles. The molecule has 0 aliphatic heterocycles. The number of azide groups is 1. The van der Waals surface area contributed by atoms with Crippen molar-refractivity contribution in [1.82, 2.24) is 5.16 Å². The van der Waals surface area contributed by atoms with E-state index in [4.69, 9.17) is 10.1 Å². The molecule has 1 aromatic heterocycles. The van der Waals surface area contributed by atoms with Crippen LogP contribution in [0.3, 0.4) is 0 Å². The third-order valence-electron chi connectivity index (χ3n) is 2.71. The minimum atomic E-state index is -0.268. The highest BCUT2D eigenvalue weighted by Gasteiger charge is 2.14. The fourth-order valence-corrected chi connectivity index (χ4v) is 1.70. The van der Waals surface area contributed by atoms with E-state index in [1.54, 1.807) is 26.0 Å². The van der Waals surface area contributed by atoms with Gasteiger partial charge in [-0.15, -0.1) is 0 Å². The third-order valence-corrected chi connectivity index (χ3v) is 2.71. The van der Waals surface area contributed by atoms with Crippen molar-refractivity contribution in [3.05, 3.63) is 51.3 Å². The normalized spacial score (nSPS) is 10.2. The maximum absolute atomic E-state index is 13.2. The molecule has 5 nitrogen and oxygen atoms in total. The average molecular weight is 246 g/mol. The summed E-state index contributed by atoms with van der Waals surface area (Å²) in [5.74, 6) is 0.329. The van der Waals surface area contributed by atoms with Crippen LogP contribution in [0.5, 0.6) is 0 Å². The van der Waals surface area contributed by atoms with Crippen LogP contribution in [0.2, 0.25) is 0 Å². The standard InChI is InChI=1S/C12H11FN4O/c1-7-5-9(3-4-11(7)13)12-10(6-15-17-14)8(2)18-16-12/h3-5H,6H2,1-2H3. The van der Waals surface area contributed by atoms with Gasteiger partial charge in [-0.2, -0.15) is 0 Å². The lowest BCUT2D eigenvalue weighted by Gasteiger charge is -2.02. The first-order chi connectivity index (χ1) is 8.63. The minimum Gasteiger partial charge on any atom is -0.361 e. The molecule has 2 rings (SSSR count). The molecule has 0 bridgehead atoms. The van der Waals surface area contributed by atoms with Crippen molar-refractivity contribution in [1.29, 1.82) is 0 Å². The molecule has 1 heterocycles. The van der Waals surface area contributed by atoms with Gasteiger partial charge in [0.1, 0.15) is 17.3 Å². The lowest BCUT2D eigenvalue weighted by molar-refractivity contribution is 0.398. The second kappa shape index (κ2) is 4.89. The smallest absolute Gasteiger partial charge is 0.137 e. The molecule has 0 amide bonds. The van der Waals surface area contributed by atoms with E-state index in [1.807, 2.05) is 0 Å². The molecular weight excluding hydrogens is 235 g/mol. The molecule has 0 unspecified atom stereocenters. The third kappa shape index (κ3) is 2.19. The summed E-state index contributed by atoms with van der Waals surface area (Å²) in [7, 11) is 0. The predicted molar refractivity (Wildman–Crippen MR) is 64.2 cm³/mol. The molecule has 6 heteroatoms. The predicted octanol–water partition coefficient (Wildman–Crippen LogP) is 3.91. The number of rotatable bonds is 3. The van der Waals surface area contributed by atoms with Crippen molar-refractivity contribution in [2.75, 3.05) is 0 Å². The zero-order chi connectivity index (χ0) is 13.1. The van der Waals surface area contributed by atoms with Gasteiger partial charge < -0.3 is 4.52 Å². The van der Waals surface area contributed by atoms with Gasteiger partial charge in [-0.3, -0.25) is 0 Å². The largest absolute Gasteiger partial charge is 0.361 e. The summed E-state index contributed by atoms with van der Waals surface area (Å²) in [6, 6.07) is 4.69. The number of nitrogens with zero attached hydrogens (tertiary/aromatic N) is 4. The van der Waals surface area contributed by atoms with Crippen LogP contribution in [0.15, 0.2) is 27.8 Å². The van der Waals surface area contributed by atoms with Crippen LogP contribution in [0, 0.1) is 19.7 Å². The Morgan fingerprint density at radius 3 is 2.89 bits per heavy atom. The molecule has 0 fully saturated rings. The van der Waals surface area contributed by atoms with Crippen LogP contribution in [0.4, 0.5) is 4.39 Å². The molecule has 0 atom stereocenters. The highest BCUT2D eigenvalue weighted by Crippen LogP contribution is 2.27. The summed E-state index contributed by atoms with van der Waals surface area (Å²) >= 11 is 0. The van der Waals surface area contributed by atoms with Gasteiger partial charge in [0.15, 0.2) is 0 Å². The molecule has 0 saturated carbocycles. The minimum absolute atomic E-state index is 0.164. The summed E-state index contributed by atoms with van der Waals surface area (Å²) in [5.41, 5.74) is 10.9. The lowest BCUT2D eigenvalue weighted by atomic mass is 10.0. The Morgan fingerprint density at radius 1 is 1.44 bits per heavy atom. The lowest BCUT2D eigenvalue weighted by Crippen LogP contribution is -1.89. The van der Waals surface area contributed by atoms with E-state index in [1.165, 1.54) is 6.07 Å². The van der Waals surface area contributed by atoms with E-state index in [-0.39, 0.29) is 12.4 Å². The molecule has 2 aromatic rings. The van der Waals surface area contributed by atoms with Crippen molar-refractivity contribution in [2.45, 2.75) is 20.4 Å².